The van der Waals surface area contributed by atoms with Crippen molar-refractivity contribution in [3.8, 4) is 0 Å². The van der Waals surface area contributed by atoms with Crippen LogP contribution in [0.2, 0.25) is 0 Å². The van der Waals surface area contributed by atoms with Gasteiger partial charge in [0.2, 0.25) is 0 Å². The van der Waals surface area contributed by atoms with Crippen LogP contribution in [-0.4, -0.2) is 11.4 Å². The molecular weight excluding hydrogens is 232 g/mol. The Kier molecular flexibility index (Phi) is 4.62. The highest BCUT2D eigenvalue weighted by atomic mass is 14.4. The van der Waals surface area contributed by atoms with Crippen molar-refractivity contribution in [2.75, 3.05) is 0 Å². The normalized spacial score (nSPS) is 10.1. The monoisotopic (exact) mass is 250 g/mol. The lowest BCUT2D eigenvalue weighted by atomic mass is 10.0. The second-order valence-electron chi connectivity index (χ2n) is 4.54. The maximum absolute atomic E-state index is 8.01. The molecule has 0 unspecified atom stereocenters. The molecule has 0 aliphatic heterocycles. The molecule has 2 aromatic rings. The van der Waals surface area contributed by atoms with Crippen LogP contribution in [0.5, 0.6) is 0 Å². The highest BCUT2D eigenvalue weighted by Gasteiger charge is 2.03. The summed E-state index contributed by atoms with van der Waals surface area (Å²) in [5, 5.41) is 16.0. The number of hydrogen-bond donors (Lipinski definition) is 2. The summed E-state index contributed by atoms with van der Waals surface area (Å²) in [5.41, 5.74) is 3.27. The molecule has 0 aliphatic carbocycles. The van der Waals surface area contributed by atoms with Crippen LogP contribution in [0, 0.1) is 10.8 Å². The fraction of sp³-hybridized carbons (Fsp3) is 0.176. The van der Waals surface area contributed by atoms with Gasteiger partial charge >= 0.3 is 0 Å². The molecule has 0 spiro atoms. The van der Waals surface area contributed by atoms with Gasteiger partial charge in [0.05, 0.1) is 0 Å². The van der Waals surface area contributed by atoms with Gasteiger partial charge in [0.1, 0.15) is 0 Å². The van der Waals surface area contributed by atoms with Gasteiger partial charge in [-0.15, -0.1) is 0 Å². The third-order valence-electron chi connectivity index (χ3n) is 3.10. The van der Waals surface area contributed by atoms with Gasteiger partial charge in [0, 0.05) is 11.4 Å². The molecule has 0 fully saturated rings. The maximum Gasteiger partial charge on any atom is 0.0386 e. The van der Waals surface area contributed by atoms with Gasteiger partial charge < -0.3 is 10.8 Å². The summed E-state index contributed by atoms with van der Waals surface area (Å²) in [7, 11) is 0. The summed E-state index contributed by atoms with van der Waals surface area (Å²) in [6, 6.07) is 19.6. The molecule has 19 heavy (non-hydrogen) atoms. The summed E-state index contributed by atoms with van der Waals surface area (Å²) in [4.78, 5) is 0. The fourth-order valence-corrected chi connectivity index (χ4v) is 2.01. The van der Waals surface area contributed by atoms with Gasteiger partial charge in [-0.3, -0.25) is 0 Å². The molecule has 0 saturated carbocycles. The third kappa shape index (κ3) is 3.88. The van der Waals surface area contributed by atoms with Crippen LogP contribution >= 0.6 is 0 Å². The van der Waals surface area contributed by atoms with Gasteiger partial charge in [0.15, 0.2) is 0 Å². The maximum atomic E-state index is 8.01. The van der Waals surface area contributed by atoms with Crippen LogP contribution in [-0.2, 0) is 0 Å². The van der Waals surface area contributed by atoms with E-state index in [4.69, 9.17) is 10.8 Å². The molecule has 2 heteroatoms. The lowest BCUT2D eigenvalue weighted by Gasteiger charge is -2.06. The minimum Gasteiger partial charge on any atom is -0.305 e. The number of hydrogen-bond acceptors (Lipinski definition) is 2. The first-order valence-corrected chi connectivity index (χ1v) is 6.53. The Bertz CT molecular complexity index is 492. The van der Waals surface area contributed by atoms with Crippen LogP contribution in [0.3, 0.4) is 0 Å². The second kappa shape index (κ2) is 6.64. The van der Waals surface area contributed by atoms with Crippen LogP contribution in [0.25, 0.3) is 0 Å². The second-order valence-corrected chi connectivity index (χ2v) is 4.54. The summed E-state index contributed by atoms with van der Waals surface area (Å²) in [5.74, 6) is 0. The summed E-state index contributed by atoms with van der Waals surface area (Å²) in [6.07, 6.45) is 2.29. The Labute approximate surface area is 114 Å². The molecule has 0 bridgehead atoms. The largest absolute Gasteiger partial charge is 0.305 e. The minimum atomic E-state index is 0.654. The quantitative estimate of drug-likeness (QED) is 0.718. The Balaban J connectivity index is 1.81. The van der Waals surface area contributed by atoms with E-state index in [-0.39, 0.29) is 0 Å². The zero-order valence-corrected chi connectivity index (χ0v) is 10.9. The van der Waals surface area contributed by atoms with Crippen molar-refractivity contribution in [2.45, 2.75) is 19.3 Å². The first-order chi connectivity index (χ1) is 9.27. The molecule has 0 heterocycles. The van der Waals surface area contributed by atoms with Crippen molar-refractivity contribution in [1.29, 1.82) is 10.8 Å². The highest BCUT2D eigenvalue weighted by molar-refractivity contribution is 6.00. The molecule has 2 rings (SSSR count). The molecule has 0 atom stereocenters. The molecule has 0 radical (unpaired) electrons. The van der Waals surface area contributed by atoms with E-state index in [2.05, 4.69) is 0 Å². The highest BCUT2D eigenvalue weighted by Crippen LogP contribution is 2.10. The van der Waals surface area contributed by atoms with Crippen molar-refractivity contribution >= 4 is 11.4 Å². The fourth-order valence-electron chi connectivity index (χ4n) is 2.01. The summed E-state index contributed by atoms with van der Waals surface area (Å²) < 4.78 is 0. The van der Waals surface area contributed by atoms with Crippen molar-refractivity contribution < 1.29 is 0 Å². The van der Waals surface area contributed by atoms with Gasteiger partial charge in [-0.1, -0.05) is 60.7 Å². The van der Waals surface area contributed by atoms with Crippen LogP contribution in [0.1, 0.15) is 30.4 Å². The summed E-state index contributed by atoms with van der Waals surface area (Å²) >= 11 is 0. The van der Waals surface area contributed by atoms with Gasteiger partial charge in [0.25, 0.3) is 0 Å². The SMILES string of the molecule is N=C(CCCC(=N)c1ccccc1)c1ccccc1. The van der Waals surface area contributed by atoms with Crippen molar-refractivity contribution in [3.05, 3.63) is 71.8 Å². The molecule has 0 amide bonds. The molecule has 2 N–H and O–H groups in total. The lowest BCUT2D eigenvalue weighted by molar-refractivity contribution is 0.913. The van der Waals surface area contributed by atoms with Crippen LogP contribution < -0.4 is 0 Å². The van der Waals surface area contributed by atoms with E-state index in [9.17, 15) is 0 Å². The molecule has 2 nitrogen and oxygen atoms in total. The average Bonchev–Trinajstić information content (AvgIpc) is 2.49. The van der Waals surface area contributed by atoms with E-state index in [1.54, 1.807) is 0 Å². The van der Waals surface area contributed by atoms with Crippen molar-refractivity contribution in [1.82, 2.24) is 0 Å². The molecule has 96 valence electrons. The average molecular weight is 250 g/mol. The van der Waals surface area contributed by atoms with Gasteiger partial charge in [-0.2, -0.15) is 0 Å². The van der Waals surface area contributed by atoms with Crippen molar-refractivity contribution in [3.63, 3.8) is 0 Å². The van der Waals surface area contributed by atoms with Gasteiger partial charge in [-0.05, 0) is 30.4 Å². The zero-order chi connectivity index (χ0) is 13.5. The van der Waals surface area contributed by atoms with Gasteiger partial charge in [-0.25, -0.2) is 0 Å². The molecule has 0 aromatic heterocycles. The number of nitrogens with one attached hydrogen (secondary N) is 2. The van der Waals surface area contributed by atoms with Crippen LogP contribution in [0.15, 0.2) is 60.7 Å². The molecule has 0 aliphatic rings. The molecule has 2 aromatic carbocycles. The Morgan fingerprint density at radius 3 is 1.37 bits per heavy atom. The van der Waals surface area contributed by atoms with E-state index < -0.39 is 0 Å². The van der Waals surface area contributed by atoms with E-state index in [0.717, 1.165) is 30.4 Å². The predicted molar refractivity (Wildman–Crippen MR) is 80.4 cm³/mol. The number of rotatable bonds is 6. The van der Waals surface area contributed by atoms with E-state index >= 15 is 0 Å². The first-order valence-electron chi connectivity index (χ1n) is 6.53. The zero-order valence-electron chi connectivity index (χ0n) is 10.9. The topological polar surface area (TPSA) is 47.7 Å². The molecule has 0 saturated heterocycles. The predicted octanol–water partition coefficient (Wildman–Crippen LogP) is 4.29. The third-order valence-corrected chi connectivity index (χ3v) is 3.10. The first kappa shape index (κ1) is 13.2. The molecular formula is C17H18N2. The Morgan fingerprint density at radius 2 is 1.00 bits per heavy atom. The lowest BCUT2D eigenvalue weighted by Crippen LogP contribution is -2.03. The summed E-state index contributed by atoms with van der Waals surface area (Å²) in [6.45, 7) is 0. The number of benzene rings is 2. The smallest absolute Gasteiger partial charge is 0.0386 e. The Hall–Kier alpha value is -2.22. The minimum absolute atomic E-state index is 0.654. The Morgan fingerprint density at radius 1 is 0.632 bits per heavy atom. The van der Waals surface area contributed by atoms with E-state index in [1.165, 1.54) is 0 Å². The van der Waals surface area contributed by atoms with Crippen molar-refractivity contribution in [2.24, 2.45) is 0 Å². The van der Waals surface area contributed by atoms with Crippen LogP contribution in [0.4, 0.5) is 0 Å². The van der Waals surface area contributed by atoms with E-state index in [0.29, 0.717) is 11.4 Å². The van der Waals surface area contributed by atoms with E-state index in [1.807, 2.05) is 60.7 Å². The standard InChI is InChI=1S/C17H18N2/c18-16(14-8-3-1-4-9-14)12-7-13-17(19)15-10-5-2-6-11-15/h1-6,8-11,18-19H,7,12-13H2.